The molecule has 0 saturated carbocycles. The number of hydrogen-bond acceptors (Lipinski definition) is 3. The van der Waals surface area contributed by atoms with Crippen molar-refractivity contribution in [1.82, 2.24) is 4.98 Å². The number of carboxylic acid groups (broad SMARTS) is 1. The summed E-state index contributed by atoms with van der Waals surface area (Å²) < 4.78 is 0. The van der Waals surface area contributed by atoms with Gasteiger partial charge in [-0.2, -0.15) is 0 Å². The molecule has 0 atom stereocenters. The predicted molar refractivity (Wildman–Crippen MR) is 119 cm³/mol. The first-order chi connectivity index (χ1) is 14.7. The van der Waals surface area contributed by atoms with Gasteiger partial charge in [0.1, 0.15) is 5.69 Å². The lowest BCUT2D eigenvalue weighted by Gasteiger charge is -2.11. The number of amides is 3. The number of aromatic amines is 1. The molecule has 160 valence electrons. The molecule has 0 saturated heterocycles. The summed E-state index contributed by atoms with van der Waals surface area (Å²) in [5, 5.41) is 14.5. The number of carboxylic acids is 1. The fourth-order valence-corrected chi connectivity index (χ4v) is 3.49. The molecule has 0 bridgehead atoms. The highest BCUT2D eigenvalue weighted by molar-refractivity contribution is 6.01. The van der Waals surface area contributed by atoms with Gasteiger partial charge >= 0.3 is 12.0 Å². The average molecular weight is 420 g/mol. The molecular formula is C23H24N4O4. The van der Waals surface area contributed by atoms with Crippen LogP contribution < -0.4 is 16.4 Å². The Morgan fingerprint density at radius 1 is 0.968 bits per heavy atom. The van der Waals surface area contributed by atoms with E-state index in [0.29, 0.717) is 28.1 Å². The van der Waals surface area contributed by atoms with Crippen molar-refractivity contribution in [2.24, 2.45) is 5.73 Å². The number of primary amides is 1. The van der Waals surface area contributed by atoms with Crippen molar-refractivity contribution in [3.05, 3.63) is 71.0 Å². The summed E-state index contributed by atoms with van der Waals surface area (Å²) in [6.07, 6.45) is 1.79. The van der Waals surface area contributed by atoms with E-state index in [9.17, 15) is 14.4 Å². The van der Waals surface area contributed by atoms with E-state index >= 15 is 0 Å². The minimum absolute atomic E-state index is 0.0682. The quantitative estimate of drug-likeness (QED) is 0.393. The van der Waals surface area contributed by atoms with Crippen molar-refractivity contribution in [2.75, 3.05) is 10.6 Å². The fraction of sp³-hybridized carbons (Fsp3) is 0.174. The summed E-state index contributed by atoms with van der Waals surface area (Å²) in [5.74, 6) is -1.56. The van der Waals surface area contributed by atoms with Crippen LogP contribution in [0.5, 0.6) is 0 Å². The van der Waals surface area contributed by atoms with Crippen molar-refractivity contribution in [3.63, 3.8) is 0 Å². The second-order valence-electron chi connectivity index (χ2n) is 7.35. The standard InChI is InChI=1S/C23H24N4O4/c1-13-9-14(2)11-18(10-13)27-23(31)26-17-6-3-15(4-7-17)20-16(5-8-19(28)29)12-25-21(20)22(24)30/h3-4,6-7,9-12,25H,5,8H2,1-2H3,(H2,24,30)(H,28,29)(H2,26,27,31). The summed E-state index contributed by atoms with van der Waals surface area (Å²) in [6.45, 7) is 3.92. The Balaban J connectivity index is 1.77. The van der Waals surface area contributed by atoms with Gasteiger partial charge in [-0.25, -0.2) is 4.79 Å². The molecule has 0 spiro atoms. The highest BCUT2D eigenvalue weighted by atomic mass is 16.4. The van der Waals surface area contributed by atoms with E-state index in [-0.39, 0.29) is 24.6 Å². The number of aryl methyl sites for hydroxylation is 3. The van der Waals surface area contributed by atoms with Crippen LogP contribution in [-0.4, -0.2) is 28.0 Å². The molecule has 0 aliphatic heterocycles. The maximum absolute atomic E-state index is 12.3. The molecule has 6 N–H and O–H groups in total. The van der Waals surface area contributed by atoms with Crippen molar-refractivity contribution < 1.29 is 19.5 Å². The maximum atomic E-state index is 12.3. The Bertz CT molecular complexity index is 1110. The summed E-state index contributed by atoms with van der Waals surface area (Å²) in [4.78, 5) is 37.9. The Morgan fingerprint density at radius 2 is 1.58 bits per heavy atom. The second-order valence-corrected chi connectivity index (χ2v) is 7.35. The van der Waals surface area contributed by atoms with Crippen molar-refractivity contribution in [3.8, 4) is 11.1 Å². The normalized spacial score (nSPS) is 10.5. The Morgan fingerprint density at radius 3 is 2.16 bits per heavy atom. The molecule has 3 rings (SSSR count). The van der Waals surface area contributed by atoms with Gasteiger partial charge in [0.15, 0.2) is 0 Å². The van der Waals surface area contributed by atoms with Gasteiger partial charge in [0, 0.05) is 29.6 Å². The van der Waals surface area contributed by atoms with Gasteiger partial charge < -0.3 is 26.5 Å². The summed E-state index contributed by atoms with van der Waals surface area (Å²) in [6, 6.07) is 12.3. The lowest BCUT2D eigenvalue weighted by atomic mass is 9.98. The van der Waals surface area contributed by atoms with E-state index in [1.54, 1.807) is 30.5 Å². The zero-order chi connectivity index (χ0) is 22.5. The minimum Gasteiger partial charge on any atom is -0.481 e. The number of rotatable bonds is 7. The van der Waals surface area contributed by atoms with E-state index in [4.69, 9.17) is 10.8 Å². The molecule has 31 heavy (non-hydrogen) atoms. The highest BCUT2D eigenvalue weighted by Gasteiger charge is 2.18. The first-order valence-corrected chi connectivity index (χ1v) is 9.71. The number of aliphatic carboxylic acids is 1. The summed E-state index contributed by atoms with van der Waals surface area (Å²) in [5.41, 5.74) is 11.0. The molecule has 8 heteroatoms. The molecule has 0 aliphatic carbocycles. The van der Waals surface area contributed by atoms with Crippen LogP contribution in [0.3, 0.4) is 0 Å². The molecule has 1 heterocycles. The first-order valence-electron chi connectivity index (χ1n) is 9.71. The summed E-state index contributed by atoms with van der Waals surface area (Å²) in [7, 11) is 0. The van der Waals surface area contributed by atoms with Gasteiger partial charge in [0.2, 0.25) is 0 Å². The number of carbonyl (C=O) groups is 3. The maximum Gasteiger partial charge on any atom is 0.323 e. The molecule has 3 aromatic rings. The van der Waals surface area contributed by atoms with Gasteiger partial charge in [-0.3, -0.25) is 9.59 Å². The number of anilines is 2. The monoisotopic (exact) mass is 420 g/mol. The molecule has 0 unspecified atom stereocenters. The number of hydrogen-bond donors (Lipinski definition) is 5. The van der Waals surface area contributed by atoms with Crippen molar-refractivity contribution in [1.29, 1.82) is 0 Å². The number of aromatic nitrogens is 1. The van der Waals surface area contributed by atoms with E-state index in [1.807, 2.05) is 32.0 Å². The van der Waals surface area contributed by atoms with Crippen LogP contribution in [0.1, 0.15) is 33.6 Å². The highest BCUT2D eigenvalue weighted by Crippen LogP contribution is 2.30. The third-order valence-electron chi connectivity index (χ3n) is 4.73. The largest absolute Gasteiger partial charge is 0.481 e. The van der Waals surface area contributed by atoms with Gasteiger partial charge in [-0.05, 0) is 66.8 Å². The average Bonchev–Trinajstić information content (AvgIpc) is 3.10. The Kier molecular flexibility index (Phi) is 6.40. The van der Waals surface area contributed by atoms with Gasteiger partial charge in [-0.1, -0.05) is 18.2 Å². The van der Waals surface area contributed by atoms with Crippen LogP contribution in [0.2, 0.25) is 0 Å². The number of nitrogens with one attached hydrogen (secondary N) is 3. The smallest absolute Gasteiger partial charge is 0.323 e. The predicted octanol–water partition coefficient (Wildman–Crippen LogP) is 4.06. The molecule has 0 radical (unpaired) electrons. The van der Waals surface area contributed by atoms with Crippen LogP contribution in [0.25, 0.3) is 11.1 Å². The lowest BCUT2D eigenvalue weighted by molar-refractivity contribution is -0.136. The molecule has 2 aromatic carbocycles. The summed E-state index contributed by atoms with van der Waals surface area (Å²) >= 11 is 0. The number of urea groups is 1. The van der Waals surface area contributed by atoms with Gasteiger partial charge in [0.05, 0.1) is 0 Å². The van der Waals surface area contributed by atoms with Crippen molar-refractivity contribution >= 4 is 29.3 Å². The van der Waals surface area contributed by atoms with Gasteiger partial charge in [-0.15, -0.1) is 0 Å². The SMILES string of the molecule is Cc1cc(C)cc(NC(=O)Nc2ccc(-c3c(CCC(=O)O)c[nH]c3C(N)=O)cc2)c1. The molecule has 0 aliphatic rings. The minimum atomic E-state index is -0.929. The van der Waals surface area contributed by atoms with E-state index in [0.717, 1.165) is 11.1 Å². The molecular weight excluding hydrogens is 396 g/mol. The van der Waals surface area contributed by atoms with E-state index in [1.165, 1.54) is 0 Å². The molecule has 0 fully saturated rings. The topological polar surface area (TPSA) is 137 Å². The van der Waals surface area contributed by atoms with Crippen LogP contribution in [0, 0.1) is 13.8 Å². The van der Waals surface area contributed by atoms with E-state index < -0.39 is 11.9 Å². The van der Waals surface area contributed by atoms with Crippen LogP contribution in [0.15, 0.2) is 48.7 Å². The Labute approximate surface area is 179 Å². The Hall–Kier alpha value is -4.07. The third kappa shape index (κ3) is 5.51. The zero-order valence-corrected chi connectivity index (χ0v) is 17.3. The lowest BCUT2D eigenvalue weighted by Crippen LogP contribution is -2.19. The fourth-order valence-electron chi connectivity index (χ4n) is 3.49. The number of benzene rings is 2. The number of nitrogens with two attached hydrogens (primary N) is 1. The second kappa shape index (κ2) is 9.17. The number of carbonyl (C=O) groups excluding carboxylic acids is 2. The van der Waals surface area contributed by atoms with Crippen LogP contribution in [0.4, 0.5) is 16.2 Å². The molecule has 3 amide bonds. The first kappa shape index (κ1) is 21.6. The zero-order valence-electron chi connectivity index (χ0n) is 17.3. The van der Waals surface area contributed by atoms with Gasteiger partial charge in [0.25, 0.3) is 5.91 Å². The van der Waals surface area contributed by atoms with Crippen LogP contribution >= 0.6 is 0 Å². The van der Waals surface area contributed by atoms with Crippen LogP contribution in [-0.2, 0) is 11.2 Å². The molecule has 8 nitrogen and oxygen atoms in total. The third-order valence-corrected chi connectivity index (χ3v) is 4.73. The number of H-pyrrole nitrogens is 1. The van der Waals surface area contributed by atoms with E-state index in [2.05, 4.69) is 15.6 Å². The van der Waals surface area contributed by atoms with Crippen molar-refractivity contribution in [2.45, 2.75) is 26.7 Å². The molecule has 1 aromatic heterocycles.